The zero-order valence-corrected chi connectivity index (χ0v) is 8.07. The number of aryl methyl sites for hydroxylation is 1. The maximum atomic E-state index is 10.9. The zero-order chi connectivity index (χ0) is 10.9. The molecule has 0 saturated heterocycles. The van der Waals surface area contributed by atoms with Crippen LogP contribution in [0.4, 0.5) is 0 Å². The quantitative estimate of drug-likeness (QED) is 0.728. The average molecular weight is 196 g/mol. The number of nitrogens with zero attached hydrogens (tertiary/aromatic N) is 1. The number of carboxylic acids is 1. The topological polar surface area (TPSA) is 85.3 Å². The first-order valence-electron chi connectivity index (χ1n) is 4.11. The number of hydrogen-bond acceptors (Lipinski definition) is 2. The van der Waals surface area contributed by atoms with E-state index >= 15 is 0 Å². The molecule has 0 saturated carbocycles. The first-order chi connectivity index (χ1) is 6.43. The molecule has 1 aromatic heterocycles. The van der Waals surface area contributed by atoms with E-state index in [1.807, 2.05) is 0 Å². The number of carbonyl (C=O) groups is 2. The molecule has 1 heterocycles. The minimum absolute atomic E-state index is 0.148. The first-order valence-corrected chi connectivity index (χ1v) is 4.11. The van der Waals surface area contributed by atoms with Gasteiger partial charge in [-0.2, -0.15) is 0 Å². The summed E-state index contributed by atoms with van der Waals surface area (Å²) < 4.78 is 1.54. The van der Waals surface area contributed by atoms with Crippen LogP contribution in [0.1, 0.15) is 21.7 Å². The van der Waals surface area contributed by atoms with Gasteiger partial charge in [0.2, 0.25) is 0 Å². The number of aromatic nitrogens is 1. The molecule has 0 fully saturated rings. The van der Waals surface area contributed by atoms with Gasteiger partial charge in [0.05, 0.1) is 5.56 Å². The summed E-state index contributed by atoms with van der Waals surface area (Å²) in [5, 5.41) is 8.63. The molecular weight excluding hydrogens is 184 g/mol. The van der Waals surface area contributed by atoms with Gasteiger partial charge in [0.1, 0.15) is 6.54 Å². The minimum atomic E-state index is -0.942. The van der Waals surface area contributed by atoms with E-state index in [0.29, 0.717) is 11.3 Å². The zero-order valence-electron chi connectivity index (χ0n) is 8.07. The maximum absolute atomic E-state index is 10.9. The molecule has 0 aliphatic carbocycles. The van der Waals surface area contributed by atoms with E-state index in [1.54, 1.807) is 24.5 Å². The Labute approximate surface area is 81.1 Å². The fourth-order valence-electron chi connectivity index (χ4n) is 1.43. The molecule has 0 radical (unpaired) electrons. The summed E-state index contributed by atoms with van der Waals surface area (Å²) in [5.41, 5.74) is 6.82. The summed E-state index contributed by atoms with van der Waals surface area (Å²) in [7, 11) is 0. The number of nitrogens with two attached hydrogens (primary N) is 1. The second kappa shape index (κ2) is 3.53. The highest BCUT2D eigenvalue weighted by molar-refractivity contribution is 5.94. The Bertz CT molecular complexity index is 393. The lowest BCUT2D eigenvalue weighted by atomic mass is 10.2. The summed E-state index contributed by atoms with van der Waals surface area (Å²) in [6.07, 6.45) is 0. The highest BCUT2D eigenvalue weighted by atomic mass is 16.4. The standard InChI is InChI=1S/C9H12N2O3/c1-5-3-7(9(10)14)6(2)11(5)4-8(12)13/h3H,4H2,1-2H3,(H2,10,14)(H,12,13). The van der Waals surface area contributed by atoms with Crippen LogP contribution in [0.15, 0.2) is 6.07 Å². The lowest BCUT2D eigenvalue weighted by Crippen LogP contribution is -2.15. The molecule has 1 amide bonds. The number of amides is 1. The van der Waals surface area contributed by atoms with Gasteiger partial charge in [0, 0.05) is 11.4 Å². The molecule has 0 unspecified atom stereocenters. The number of carbonyl (C=O) groups excluding carboxylic acids is 1. The van der Waals surface area contributed by atoms with Crippen LogP contribution in [-0.4, -0.2) is 21.6 Å². The Morgan fingerprint density at radius 3 is 2.43 bits per heavy atom. The monoisotopic (exact) mass is 196 g/mol. The highest BCUT2D eigenvalue weighted by Crippen LogP contribution is 2.13. The van der Waals surface area contributed by atoms with Gasteiger partial charge in [-0.25, -0.2) is 0 Å². The van der Waals surface area contributed by atoms with Crippen LogP contribution in [0.3, 0.4) is 0 Å². The summed E-state index contributed by atoms with van der Waals surface area (Å²) in [6.45, 7) is 3.27. The smallest absolute Gasteiger partial charge is 0.323 e. The number of aliphatic carboxylic acids is 1. The summed E-state index contributed by atoms with van der Waals surface area (Å²) in [4.78, 5) is 21.4. The third kappa shape index (κ3) is 1.76. The highest BCUT2D eigenvalue weighted by Gasteiger charge is 2.14. The fourth-order valence-corrected chi connectivity index (χ4v) is 1.43. The van der Waals surface area contributed by atoms with Crippen LogP contribution in [0, 0.1) is 13.8 Å². The van der Waals surface area contributed by atoms with Crippen molar-refractivity contribution in [2.75, 3.05) is 0 Å². The van der Waals surface area contributed by atoms with Crippen molar-refractivity contribution >= 4 is 11.9 Å². The van der Waals surface area contributed by atoms with Gasteiger partial charge in [0.25, 0.3) is 5.91 Å². The summed E-state index contributed by atoms with van der Waals surface area (Å²) >= 11 is 0. The lowest BCUT2D eigenvalue weighted by Gasteiger charge is -2.05. The van der Waals surface area contributed by atoms with E-state index in [9.17, 15) is 9.59 Å². The number of rotatable bonds is 3. The molecule has 0 aliphatic heterocycles. The number of hydrogen-bond donors (Lipinski definition) is 2. The molecule has 3 N–H and O–H groups in total. The third-order valence-corrected chi connectivity index (χ3v) is 2.13. The number of carboxylic acid groups (broad SMARTS) is 1. The lowest BCUT2D eigenvalue weighted by molar-refractivity contribution is -0.137. The largest absolute Gasteiger partial charge is 0.480 e. The molecule has 0 aromatic carbocycles. The molecule has 14 heavy (non-hydrogen) atoms. The molecule has 1 rings (SSSR count). The van der Waals surface area contributed by atoms with E-state index in [-0.39, 0.29) is 6.54 Å². The molecular formula is C9H12N2O3. The van der Waals surface area contributed by atoms with Gasteiger partial charge in [-0.15, -0.1) is 0 Å². The third-order valence-electron chi connectivity index (χ3n) is 2.13. The summed E-state index contributed by atoms with van der Waals surface area (Å²) in [6, 6.07) is 1.60. The minimum Gasteiger partial charge on any atom is -0.480 e. The van der Waals surface area contributed by atoms with Crippen molar-refractivity contribution in [3.05, 3.63) is 23.0 Å². The van der Waals surface area contributed by atoms with Crippen LogP contribution in [0.5, 0.6) is 0 Å². The van der Waals surface area contributed by atoms with Crippen molar-refractivity contribution in [2.24, 2.45) is 5.73 Å². The van der Waals surface area contributed by atoms with Gasteiger partial charge in [0.15, 0.2) is 0 Å². The first kappa shape index (κ1) is 10.3. The molecule has 0 spiro atoms. The van der Waals surface area contributed by atoms with E-state index in [1.165, 1.54) is 0 Å². The van der Waals surface area contributed by atoms with Gasteiger partial charge < -0.3 is 15.4 Å². The Kier molecular flexibility index (Phi) is 2.60. The normalized spacial score (nSPS) is 10.1. The number of primary amides is 1. The van der Waals surface area contributed by atoms with E-state index < -0.39 is 11.9 Å². The molecule has 0 bridgehead atoms. The predicted octanol–water partition coefficient (Wildman–Crippen LogP) is 0.288. The Morgan fingerprint density at radius 2 is 2.07 bits per heavy atom. The van der Waals surface area contributed by atoms with Crippen molar-refractivity contribution in [1.29, 1.82) is 0 Å². The van der Waals surface area contributed by atoms with E-state index in [2.05, 4.69) is 0 Å². The van der Waals surface area contributed by atoms with Crippen molar-refractivity contribution in [1.82, 2.24) is 4.57 Å². The van der Waals surface area contributed by atoms with E-state index in [4.69, 9.17) is 10.8 Å². The van der Waals surface area contributed by atoms with Gasteiger partial charge in [-0.1, -0.05) is 0 Å². The molecule has 1 aromatic rings. The SMILES string of the molecule is Cc1cc(C(N)=O)c(C)n1CC(=O)O. The molecule has 0 aliphatic rings. The molecule has 5 heteroatoms. The van der Waals surface area contributed by atoms with Gasteiger partial charge >= 0.3 is 5.97 Å². The van der Waals surface area contributed by atoms with Crippen LogP contribution < -0.4 is 5.73 Å². The Morgan fingerprint density at radius 1 is 1.50 bits per heavy atom. The van der Waals surface area contributed by atoms with Gasteiger partial charge in [-0.3, -0.25) is 9.59 Å². The van der Waals surface area contributed by atoms with E-state index in [0.717, 1.165) is 5.69 Å². The second-order valence-electron chi connectivity index (χ2n) is 3.13. The predicted molar refractivity (Wildman–Crippen MR) is 50.1 cm³/mol. The average Bonchev–Trinajstić information content (AvgIpc) is 2.31. The second-order valence-corrected chi connectivity index (χ2v) is 3.13. The van der Waals surface area contributed by atoms with Gasteiger partial charge in [-0.05, 0) is 19.9 Å². The fraction of sp³-hybridized carbons (Fsp3) is 0.333. The maximum Gasteiger partial charge on any atom is 0.323 e. The van der Waals surface area contributed by atoms with Crippen molar-refractivity contribution in [3.8, 4) is 0 Å². The molecule has 76 valence electrons. The Balaban J connectivity index is 3.17. The van der Waals surface area contributed by atoms with Crippen LogP contribution in [0.2, 0.25) is 0 Å². The summed E-state index contributed by atoms with van der Waals surface area (Å²) in [5.74, 6) is -1.47. The Hall–Kier alpha value is -1.78. The van der Waals surface area contributed by atoms with Crippen LogP contribution in [-0.2, 0) is 11.3 Å². The molecule has 0 atom stereocenters. The molecule has 5 nitrogen and oxygen atoms in total. The van der Waals surface area contributed by atoms with Crippen molar-refractivity contribution < 1.29 is 14.7 Å². The van der Waals surface area contributed by atoms with Crippen LogP contribution >= 0.6 is 0 Å². The van der Waals surface area contributed by atoms with Crippen molar-refractivity contribution in [2.45, 2.75) is 20.4 Å². The van der Waals surface area contributed by atoms with Crippen LogP contribution in [0.25, 0.3) is 0 Å². The van der Waals surface area contributed by atoms with Crippen molar-refractivity contribution in [3.63, 3.8) is 0 Å².